The van der Waals surface area contributed by atoms with Gasteiger partial charge in [-0.25, -0.2) is 34.3 Å². The Labute approximate surface area is 775 Å². The summed E-state index contributed by atoms with van der Waals surface area (Å²) in [5.74, 6) is -1.88. The molecule has 5 fully saturated rings. The largest absolute Gasteiger partial charge is 0.497 e. The predicted molar refractivity (Wildman–Crippen MR) is 504 cm³/mol. The molecule has 7 aliphatic rings. The van der Waals surface area contributed by atoms with Gasteiger partial charge in [-0.15, -0.1) is 29.3 Å². The number of benzene rings is 2. The number of fused-ring (bicyclic) bond motifs is 5. The number of carbonyl (C=O) groups is 9. The number of nitrogens with zero attached hydrogens (tertiary/aromatic N) is 9. The number of likely N-dealkylation sites (tertiary alicyclic amines) is 1. The molecule has 1 saturated carbocycles. The van der Waals surface area contributed by atoms with Crippen LogP contribution in [-0.4, -0.2) is 255 Å². The number of methoxy groups -OCH3 is 2. The number of ether oxygens (including phenoxy) is 5. The van der Waals surface area contributed by atoms with E-state index in [1.165, 1.54) is 41.1 Å². The number of carboxylic acids is 1. The van der Waals surface area contributed by atoms with Crippen molar-refractivity contribution in [2.75, 3.05) is 77.2 Å². The van der Waals surface area contributed by atoms with E-state index in [2.05, 4.69) is 55.2 Å². The van der Waals surface area contributed by atoms with Crippen molar-refractivity contribution in [1.29, 1.82) is 0 Å². The van der Waals surface area contributed by atoms with Crippen molar-refractivity contribution in [1.82, 2.24) is 75.1 Å². The van der Waals surface area contributed by atoms with E-state index in [1.807, 2.05) is 142 Å². The monoisotopic (exact) mass is 1870 g/mol. The highest BCUT2D eigenvalue weighted by atomic mass is 32.2. The molecule has 9 N–H and O–H groups in total. The van der Waals surface area contributed by atoms with Crippen LogP contribution in [0.4, 0.5) is 19.9 Å². The Morgan fingerprint density at radius 1 is 0.649 bits per heavy atom. The average Bonchev–Trinajstić information content (AvgIpc) is 1.58. The van der Waals surface area contributed by atoms with Gasteiger partial charge >= 0.3 is 18.1 Å². The van der Waals surface area contributed by atoms with E-state index >= 15 is 4.79 Å². The average molecular weight is 1870 g/mol. The van der Waals surface area contributed by atoms with Crippen LogP contribution in [0.25, 0.3) is 44.6 Å². The second-order valence-electron chi connectivity index (χ2n) is 37.9. The Balaban J connectivity index is 0.000000238. The number of urea groups is 1. The quantitative estimate of drug-likeness (QED) is 0.0240. The number of hydrogen-bond donors (Lipinski definition) is 9. The summed E-state index contributed by atoms with van der Waals surface area (Å²) >= 11 is 2.92. The Morgan fingerprint density at radius 2 is 1.20 bits per heavy atom. The molecule has 10 heterocycles. The van der Waals surface area contributed by atoms with Crippen LogP contribution in [0.15, 0.2) is 96.3 Å². The fourth-order valence-electron chi connectivity index (χ4n) is 17.2. The van der Waals surface area contributed by atoms with Crippen LogP contribution in [0.1, 0.15) is 192 Å². The highest BCUT2D eigenvalue weighted by Crippen LogP contribution is 2.46. The maximum atomic E-state index is 15.1. The normalized spacial score (nSPS) is 24.2. The van der Waals surface area contributed by atoms with Gasteiger partial charge in [-0.3, -0.25) is 28.8 Å². The van der Waals surface area contributed by atoms with Crippen molar-refractivity contribution in [3.05, 3.63) is 96.3 Å². The van der Waals surface area contributed by atoms with Crippen molar-refractivity contribution in [2.45, 2.75) is 270 Å². The minimum atomic E-state index is -3.74. The maximum Gasteiger partial charge on any atom is 0.408 e. The summed E-state index contributed by atoms with van der Waals surface area (Å²) < 4.78 is 60.5. The van der Waals surface area contributed by atoms with E-state index < -0.39 is 123 Å². The summed E-state index contributed by atoms with van der Waals surface area (Å²) in [6, 6.07) is 8.20. The van der Waals surface area contributed by atoms with Crippen LogP contribution in [0.2, 0.25) is 0 Å². The third-order valence-electron chi connectivity index (χ3n) is 24.8. The number of carboxylic acid groups (broad SMARTS) is 1. The van der Waals surface area contributed by atoms with Crippen LogP contribution < -0.4 is 61.5 Å². The Morgan fingerprint density at radius 3 is 1.70 bits per heavy atom. The van der Waals surface area contributed by atoms with Gasteiger partial charge < -0.3 is 86.0 Å². The van der Waals surface area contributed by atoms with Crippen LogP contribution in [0.5, 0.6) is 23.0 Å². The lowest BCUT2D eigenvalue weighted by Crippen LogP contribution is -2.59. The molecule has 34 nitrogen and oxygen atoms in total. The van der Waals surface area contributed by atoms with Gasteiger partial charge in [-0.2, -0.15) is 17.0 Å². The standard InChI is InChI=1S/C49H72N10O8S2.C45H59N7O9S/c1-10-22-50-44(60)36-18-16-14-12-11-13-15-17-19-37(54-47(63)56-43(49(6,7)8)29-57-23-24-59(32(4)5)69(57,64)65)46(62)58-28-34(26-41(58)45(61)53-36)67-42-27-39(40-30-68-48(55-40)51-31(2)3)52-38-25-33(66-9)20-21-35(38)42;1-26(2)46-42-48-34(25-62-42)33-21-36(30-17-16-28(59-6)19-32(30)47-33)60-29-20-35-39(54)50-45(41(56)57)22-27(45)13-10-8-7-9-11-14-31(40(55)52(35)23-29)49-43(58)61-37(44(3,4)5)24-51-18-12-15-38(51)53/h10,12,14,20-21,25,27,30-32,34,36-37,41,43H,1,11,13,15-19,22-24,26,28-29H2,2-9H3,(H,50,60)(H,51,55)(H,53,61)(H2,54,56,63);10,13,16-17,19,21,25-27,29,31,35,37H,7-9,11-12,14-15,18,20,22-24H2,1-6H3,(H,46,48)(H,49,58)(H,50,54)(H,56,57)/b14-12-;13-10-/t34-,36+,37+,41+,43-;27?,29-,31+,35+,37-,45-/m11/s1. The second-order valence-corrected chi connectivity index (χ2v) is 41.5. The first-order valence-electron chi connectivity index (χ1n) is 45.8. The summed E-state index contributed by atoms with van der Waals surface area (Å²) in [6.45, 7) is 28.8. The van der Waals surface area contributed by atoms with E-state index in [0.717, 1.165) is 48.8 Å². The molecule has 1 unspecified atom stereocenters. The van der Waals surface area contributed by atoms with Gasteiger partial charge in [-0.05, 0) is 135 Å². The number of rotatable bonds is 25. The van der Waals surface area contributed by atoms with E-state index in [-0.39, 0.29) is 107 Å². The molecule has 2 aromatic carbocycles. The number of hydrogen-bond acceptors (Lipinski definition) is 24. The zero-order chi connectivity index (χ0) is 94.4. The lowest BCUT2D eigenvalue weighted by atomic mass is 9.86. The molecule has 11 atom stereocenters. The number of nitrogens with one attached hydrogen (secondary N) is 8. The summed E-state index contributed by atoms with van der Waals surface area (Å²) in [5, 5.41) is 41.1. The minimum absolute atomic E-state index is 0.00890. The SMILES string of the molecule is C=CCNC(=O)[C@@H]1CC/C=C\CCCCC[C@H](NC(=O)N[C@H](CN2CCN(C(C)C)S2(=O)=O)C(C)(C)C)C(=O)N2C[C@H](Oc3cc(-c4csc(NC(C)C)n4)nc4cc(OC)ccc34)C[C@H]2C(=O)N1.COc1ccc2c(O[C@@H]3C[C@H]4C(=O)N[C@]5(C(=O)O)CC5/C=C\CCCCC[C@H](NC(=O)O[C@H](CN5CCCC5=O)C(C)(C)C)C(=O)N4C3)cc(-c3csc(NC(C)C)n3)nc2c1. The Bertz CT molecular complexity index is 5280. The van der Waals surface area contributed by atoms with Crippen molar-refractivity contribution in [2.24, 2.45) is 16.7 Å². The summed E-state index contributed by atoms with van der Waals surface area (Å²) in [4.78, 5) is 150. The van der Waals surface area contributed by atoms with Crippen molar-refractivity contribution >= 4 is 118 Å². The van der Waals surface area contributed by atoms with E-state index in [0.29, 0.717) is 119 Å². The summed E-state index contributed by atoms with van der Waals surface area (Å²) in [7, 11) is -0.591. The fraction of sp³-hybridized carbons (Fsp3) is 0.585. The van der Waals surface area contributed by atoms with Gasteiger partial charge in [0, 0.05) is 133 Å². The lowest BCUT2D eigenvalue weighted by Gasteiger charge is -2.35. The van der Waals surface area contributed by atoms with Gasteiger partial charge in [0.1, 0.15) is 88.4 Å². The number of pyridine rings is 2. The summed E-state index contributed by atoms with van der Waals surface area (Å²) in [5.41, 5.74) is 0.990. The molecule has 0 bridgehead atoms. The van der Waals surface area contributed by atoms with Crippen LogP contribution in [0.3, 0.4) is 0 Å². The molecule has 9 amide bonds. The molecule has 4 saturated heterocycles. The first-order valence-corrected chi connectivity index (χ1v) is 49.0. The number of amides is 9. The number of carbonyl (C=O) groups excluding carboxylic acids is 8. The number of thiazole rings is 2. The van der Waals surface area contributed by atoms with E-state index in [4.69, 9.17) is 43.6 Å². The van der Waals surface area contributed by atoms with Gasteiger partial charge in [0.05, 0.1) is 56.3 Å². The highest BCUT2D eigenvalue weighted by Gasteiger charge is 2.62. The number of alkyl carbamates (subject to hydrolysis) is 1. The second kappa shape index (κ2) is 43.7. The van der Waals surface area contributed by atoms with Gasteiger partial charge in [0.15, 0.2) is 10.3 Å². The van der Waals surface area contributed by atoms with Crippen molar-refractivity contribution in [3.63, 3.8) is 0 Å². The zero-order valence-corrected chi connectivity index (χ0v) is 80.2. The molecule has 131 heavy (non-hydrogen) atoms. The number of allylic oxidation sites excluding steroid dienone is 3. The molecule has 1 aliphatic carbocycles. The van der Waals surface area contributed by atoms with Crippen LogP contribution in [-0.2, 0) is 48.5 Å². The number of anilines is 2. The Hall–Kier alpha value is -10.8. The molecule has 13 rings (SSSR count). The molecule has 0 radical (unpaired) electrons. The number of aliphatic carboxylic acids is 1. The molecular weight excluding hydrogens is 1740 g/mol. The highest BCUT2D eigenvalue weighted by molar-refractivity contribution is 7.87. The minimum Gasteiger partial charge on any atom is -0.497 e. The van der Waals surface area contributed by atoms with E-state index in [1.54, 1.807) is 43.4 Å². The summed E-state index contributed by atoms with van der Waals surface area (Å²) in [6.07, 6.45) is 15.5. The third-order valence-corrected chi connectivity index (χ3v) is 28.5. The van der Waals surface area contributed by atoms with Crippen molar-refractivity contribution in [3.8, 4) is 45.8 Å². The lowest BCUT2D eigenvalue weighted by molar-refractivity contribution is -0.145. The zero-order valence-electron chi connectivity index (χ0n) is 77.8. The molecule has 0 spiro atoms. The topological polar surface area (TPSA) is 418 Å². The molecule has 4 aromatic heterocycles. The molecule has 6 aromatic rings. The molecule has 37 heteroatoms. The maximum absolute atomic E-state index is 15.1. The van der Waals surface area contributed by atoms with Crippen molar-refractivity contribution < 1.29 is 80.4 Å². The Kier molecular flexibility index (Phi) is 33.1. The number of aromatic nitrogens is 4. The van der Waals surface area contributed by atoms with Crippen LogP contribution >= 0.6 is 22.7 Å². The smallest absolute Gasteiger partial charge is 0.408 e. The first-order chi connectivity index (χ1) is 62.3. The molecular formula is C94H131N17O17S3. The predicted octanol–water partition coefficient (Wildman–Crippen LogP) is 12.1. The van der Waals surface area contributed by atoms with E-state index in [9.17, 15) is 51.9 Å². The molecule has 6 aliphatic heterocycles. The van der Waals surface area contributed by atoms with Gasteiger partial charge in [-0.1, -0.05) is 97.6 Å². The molecule has 712 valence electrons. The van der Waals surface area contributed by atoms with Gasteiger partial charge in [0.25, 0.3) is 10.2 Å². The third kappa shape index (κ3) is 25.4. The van der Waals surface area contributed by atoms with Crippen LogP contribution in [0, 0.1) is 16.7 Å². The first kappa shape index (κ1) is 99.3. The van der Waals surface area contributed by atoms with Gasteiger partial charge in [0.2, 0.25) is 35.4 Å². The fourth-order valence-corrected chi connectivity index (χ4v) is 20.7.